The molecule has 1 fully saturated rings. The van der Waals surface area contributed by atoms with Gasteiger partial charge in [-0.15, -0.1) is 0 Å². The first-order valence-electron chi connectivity index (χ1n) is 8.14. The van der Waals surface area contributed by atoms with Crippen LogP contribution in [0.2, 0.25) is 0 Å². The van der Waals surface area contributed by atoms with Crippen molar-refractivity contribution in [3.63, 3.8) is 0 Å². The van der Waals surface area contributed by atoms with Gasteiger partial charge in [0.1, 0.15) is 18.5 Å². The number of imidazole rings is 1. The Morgan fingerprint density at radius 1 is 1.08 bits per heavy atom. The van der Waals surface area contributed by atoms with Gasteiger partial charge in [0.25, 0.3) is 0 Å². The van der Waals surface area contributed by atoms with Crippen LogP contribution in [0.3, 0.4) is 0 Å². The third-order valence-corrected chi connectivity index (χ3v) is 4.38. The second-order valence-electron chi connectivity index (χ2n) is 6.04. The predicted octanol–water partition coefficient (Wildman–Crippen LogP) is 2.14. The SMILES string of the molecule is Cc1cc(N2CCC[C@H](c3nccnc3-n3ccnc3)C2)ncn1. The summed E-state index contributed by atoms with van der Waals surface area (Å²) < 4.78 is 1.93. The molecule has 3 aromatic heterocycles. The van der Waals surface area contributed by atoms with Crippen molar-refractivity contribution in [2.45, 2.75) is 25.7 Å². The highest BCUT2D eigenvalue weighted by Crippen LogP contribution is 2.30. The third-order valence-electron chi connectivity index (χ3n) is 4.38. The molecule has 0 unspecified atom stereocenters. The van der Waals surface area contributed by atoms with Crippen LogP contribution in [0.4, 0.5) is 5.82 Å². The van der Waals surface area contributed by atoms with Gasteiger partial charge in [-0.3, -0.25) is 9.55 Å². The van der Waals surface area contributed by atoms with Crippen LogP contribution in [-0.4, -0.2) is 42.6 Å². The van der Waals surface area contributed by atoms with Crippen molar-refractivity contribution in [2.24, 2.45) is 0 Å². The summed E-state index contributed by atoms with van der Waals surface area (Å²) in [6.45, 7) is 3.89. The number of hydrogen-bond acceptors (Lipinski definition) is 6. The summed E-state index contributed by atoms with van der Waals surface area (Å²) in [5.74, 6) is 2.17. The van der Waals surface area contributed by atoms with Crippen molar-refractivity contribution in [1.82, 2.24) is 29.5 Å². The molecule has 1 atom stereocenters. The second-order valence-corrected chi connectivity index (χ2v) is 6.04. The minimum absolute atomic E-state index is 0.320. The normalized spacial score (nSPS) is 17.9. The molecule has 24 heavy (non-hydrogen) atoms. The minimum atomic E-state index is 0.320. The van der Waals surface area contributed by atoms with Crippen molar-refractivity contribution >= 4 is 5.82 Å². The largest absolute Gasteiger partial charge is 0.356 e. The Morgan fingerprint density at radius 2 is 2.00 bits per heavy atom. The van der Waals surface area contributed by atoms with Gasteiger partial charge in [-0.1, -0.05) is 0 Å². The highest BCUT2D eigenvalue weighted by Gasteiger charge is 2.26. The quantitative estimate of drug-likeness (QED) is 0.736. The monoisotopic (exact) mass is 321 g/mol. The van der Waals surface area contributed by atoms with E-state index in [0.29, 0.717) is 5.92 Å². The Bertz CT molecular complexity index is 815. The van der Waals surface area contributed by atoms with Crippen LogP contribution in [0.1, 0.15) is 30.1 Å². The van der Waals surface area contributed by atoms with E-state index in [2.05, 4.69) is 29.8 Å². The summed E-state index contributed by atoms with van der Waals surface area (Å²) in [6.07, 6.45) is 12.8. The van der Waals surface area contributed by atoms with E-state index in [-0.39, 0.29) is 0 Å². The van der Waals surface area contributed by atoms with Crippen molar-refractivity contribution in [1.29, 1.82) is 0 Å². The van der Waals surface area contributed by atoms with E-state index < -0.39 is 0 Å². The molecule has 0 bridgehead atoms. The molecule has 0 spiro atoms. The highest BCUT2D eigenvalue weighted by molar-refractivity contribution is 5.41. The van der Waals surface area contributed by atoms with Gasteiger partial charge in [-0.2, -0.15) is 0 Å². The van der Waals surface area contributed by atoms with Crippen molar-refractivity contribution in [2.75, 3.05) is 18.0 Å². The summed E-state index contributed by atoms with van der Waals surface area (Å²) >= 11 is 0. The molecule has 0 amide bonds. The maximum absolute atomic E-state index is 4.63. The summed E-state index contributed by atoms with van der Waals surface area (Å²) in [6, 6.07) is 2.04. The van der Waals surface area contributed by atoms with Gasteiger partial charge in [-0.05, 0) is 19.8 Å². The Labute approximate surface area is 140 Å². The van der Waals surface area contributed by atoms with Gasteiger partial charge >= 0.3 is 0 Å². The van der Waals surface area contributed by atoms with Crippen LogP contribution >= 0.6 is 0 Å². The summed E-state index contributed by atoms with van der Waals surface area (Å²) in [5.41, 5.74) is 2.01. The predicted molar refractivity (Wildman–Crippen MR) is 90.1 cm³/mol. The van der Waals surface area contributed by atoms with Crippen LogP contribution in [0.25, 0.3) is 5.82 Å². The molecule has 7 heteroatoms. The lowest BCUT2D eigenvalue weighted by Crippen LogP contribution is -2.35. The first kappa shape index (κ1) is 14.7. The van der Waals surface area contributed by atoms with Gasteiger partial charge in [0.05, 0.1) is 5.69 Å². The molecule has 0 saturated carbocycles. The van der Waals surface area contributed by atoms with Gasteiger partial charge in [0.2, 0.25) is 0 Å². The lowest BCUT2D eigenvalue weighted by molar-refractivity contribution is 0.495. The van der Waals surface area contributed by atoms with Crippen molar-refractivity contribution in [3.8, 4) is 5.82 Å². The number of nitrogens with zero attached hydrogens (tertiary/aromatic N) is 7. The van der Waals surface area contributed by atoms with Gasteiger partial charge in [-0.25, -0.2) is 19.9 Å². The highest BCUT2D eigenvalue weighted by atomic mass is 15.2. The summed E-state index contributed by atoms with van der Waals surface area (Å²) in [5, 5.41) is 0. The number of anilines is 1. The molecule has 7 nitrogen and oxygen atoms in total. The van der Waals surface area contributed by atoms with E-state index >= 15 is 0 Å². The van der Waals surface area contributed by atoms with Crippen LogP contribution in [-0.2, 0) is 0 Å². The van der Waals surface area contributed by atoms with Crippen LogP contribution < -0.4 is 4.90 Å². The van der Waals surface area contributed by atoms with E-state index in [1.807, 2.05) is 23.8 Å². The zero-order chi connectivity index (χ0) is 16.4. The zero-order valence-corrected chi connectivity index (χ0v) is 13.6. The molecule has 122 valence electrons. The lowest BCUT2D eigenvalue weighted by Gasteiger charge is -2.33. The number of aryl methyl sites for hydroxylation is 1. The zero-order valence-electron chi connectivity index (χ0n) is 13.6. The number of piperidine rings is 1. The first-order valence-corrected chi connectivity index (χ1v) is 8.14. The van der Waals surface area contributed by atoms with Crippen molar-refractivity contribution in [3.05, 3.63) is 54.9 Å². The fourth-order valence-electron chi connectivity index (χ4n) is 3.23. The first-order chi connectivity index (χ1) is 11.8. The van der Waals surface area contributed by atoms with Crippen LogP contribution in [0.5, 0.6) is 0 Å². The van der Waals surface area contributed by atoms with Gasteiger partial charge < -0.3 is 4.90 Å². The van der Waals surface area contributed by atoms with Gasteiger partial charge in [0.15, 0.2) is 5.82 Å². The number of aromatic nitrogens is 6. The average molecular weight is 321 g/mol. The molecule has 0 aliphatic carbocycles. The summed E-state index contributed by atoms with van der Waals surface area (Å²) in [4.78, 5) is 24.2. The molecule has 3 aromatic rings. The van der Waals surface area contributed by atoms with Crippen molar-refractivity contribution < 1.29 is 0 Å². The number of rotatable bonds is 3. The molecule has 1 aliphatic heterocycles. The molecule has 0 aromatic carbocycles. The smallest absolute Gasteiger partial charge is 0.160 e. The maximum atomic E-state index is 4.63. The molecule has 1 aliphatic rings. The van der Waals surface area contributed by atoms with Gasteiger partial charge in [0, 0.05) is 55.6 Å². The lowest BCUT2D eigenvalue weighted by atomic mass is 9.94. The van der Waals surface area contributed by atoms with E-state index in [0.717, 1.165) is 49.0 Å². The topological polar surface area (TPSA) is 72.6 Å². The maximum Gasteiger partial charge on any atom is 0.160 e. The van der Waals surface area contributed by atoms with E-state index in [4.69, 9.17) is 0 Å². The Morgan fingerprint density at radius 3 is 2.83 bits per heavy atom. The number of hydrogen-bond donors (Lipinski definition) is 0. The van der Waals surface area contributed by atoms with E-state index in [1.165, 1.54) is 0 Å². The molecule has 1 saturated heterocycles. The van der Waals surface area contributed by atoms with Crippen LogP contribution in [0, 0.1) is 6.92 Å². The third kappa shape index (κ3) is 2.84. The molecule has 0 N–H and O–H groups in total. The average Bonchev–Trinajstić information content (AvgIpc) is 3.16. The van der Waals surface area contributed by atoms with E-state index in [9.17, 15) is 0 Å². The molecular formula is C17H19N7. The fraction of sp³-hybridized carbons (Fsp3) is 0.353. The standard InChI is InChI=1S/C17H19N7/c1-13-9-15(22-11-21-13)23-7-2-3-14(10-23)16-17(20-5-4-19-16)24-8-6-18-12-24/h4-6,8-9,11-12,14H,2-3,7,10H2,1H3/t14-/m0/s1. The Balaban J connectivity index is 1.63. The molecule has 4 heterocycles. The Kier molecular flexibility index (Phi) is 3.90. The molecular weight excluding hydrogens is 302 g/mol. The fourth-order valence-corrected chi connectivity index (χ4v) is 3.23. The van der Waals surface area contributed by atoms with E-state index in [1.54, 1.807) is 31.2 Å². The molecule has 0 radical (unpaired) electrons. The Hall–Kier alpha value is -2.83. The summed E-state index contributed by atoms with van der Waals surface area (Å²) in [7, 11) is 0. The second kappa shape index (κ2) is 6.35. The minimum Gasteiger partial charge on any atom is -0.356 e. The van der Waals surface area contributed by atoms with Crippen LogP contribution in [0.15, 0.2) is 43.5 Å². The molecule has 4 rings (SSSR count).